The summed E-state index contributed by atoms with van der Waals surface area (Å²) in [7, 11) is 0. The van der Waals surface area contributed by atoms with E-state index in [4.69, 9.17) is 4.74 Å². The molecule has 1 aliphatic heterocycles. The van der Waals surface area contributed by atoms with Crippen LogP contribution in [0.4, 0.5) is 0 Å². The lowest BCUT2D eigenvalue weighted by atomic mass is 9.78. The molecule has 1 fully saturated rings. The number of aliphatic carboxylic acids is 1. The second-order valence-electron chi connectivity index (χ2n) is 5.55. The van der Waals surface area contributed by atoms with Crippen molar-refractivity contribution < 1.29 is 14.6 Å². The molecule has 18 heavy (non-hydrogen) atoms. The Morgan fingerprint density at radius 1 is 1.39 bits per heavy atom. The third-order valence-corrected chi connectivity index (χ3v) is 4.32. The molecular weight excluding hydrogens is 228 g/mol. The first-order valence-electron chi connectivity index (χ1n) is 6.65. The maximum absolute atomic E-state index is 11.7. The van der Waals surface area contributed by atoms with Crippen molar-refractivity contribution in [3.63, 3.8) is 0 Å². The van der Waals surface area contributed by atoms with Gasteiger partial charge in [0.05, 0.1) is 5.41 Å². The molecule has 2 aliphatic rings. The van der Waals surface area contributed by atoms with Crippen LogP contribution in [0.25, 0.3) is 0 Å². The van der Waals surface area contributed by atoms with E-state index in [1.54, 1.807) is 0 Å². The Balaban J connectivity index is 2.02. The average Bonchev–Trinajstić information content (AvgIpc) is 2.92. The molecule has 1 aliphatic carbocycles. The van der Waals surface area contributed by atoms with Crippen molar-refractivity contribution in [2.24, 2.45) is 0 Å². The smallest absolute Gasteiger partial charge is 0.314 e. The Morgan fingerprint density at radius 3 is 2.78 bits per heavy atom. The van der Waals surface area contributed by atoms with Crippen LogP contribution in [0.5, 0.6) is 5.75 Å². The number of carbonyl (C=O) groups is 1. The summed E-state index contributed by atoms with van der Waals surface area (Å²) in [5.74, 6) is 0.247. The highest BCUT2D eigenvalue weighted by Crippen LogP contribution is 2.43. The summed E-state index contributed by atoms with van der Waals surface area (Å²) in [6.07, 6.45) is 4.64. The topological polar surface area (TPSA) is 46.5 Å². The van der Waals surface area contributed by atoms with Crippen LogP contribution < -0.4 is 4.74 Å². The Bertz CT molecular complexity index is 487. The van der Waals surface area contributed by atoms with E-state index < -0.39 is 11.4 Å². The van der Waals surface area contributed by atoms with Gasteiger partial charge in [-0.05, 0) is 37.0 Å². The molecule has 1 aromatic rings. The molecule has 3 heteroatoms. The van der Waals surface area contributed by atoms with E-state index in [0.29, 0.717) is 0 Å². The van der Waals surface area contributed by atoms with Crippen molar-refractivity contribution in [3.8, 4) is 5.75 Å². The minimum Gasteiger partial charge on any atom is -0.490 e. The van der Waals surface area contributed by atoms with Gasteiger partial charge in [0.1, 0.15) is 11.9 Å². The molecule has 3 nitrogen and oxygen atoms in total. The highest BCUT2D eigenvalue weighted by atomic mass is 16.5. The first-order chi connectivity index (χ1) is 8.62. The fourth-order valence-electron chi connectivity index (χ4n) is 3.32. The summed E-state index contributed by atoms with van der Waals surface area (Å²) in [5.41, 5.74) is 1.47. The number of fused-ring (bicyclic) bond motifs is 1. The zero-order chi connectivity index (χ0) is 12.8. The van der Waals surface area contributed by atoms with Crippen LogP contribution in [0.2, 0.25) is 0 Å². The SMILES string of the molecule is CC1Cc2cc(C3(C(=O)O)CCCC3)ccc2O1. The summed E-state index contributed by atoms with van der Waals surface area (Å²) >= 11 is 0. The standard InChI is InChI=1S/C15H18O3/c1-10-8-11-9-12(4-5-13(11)18-10)15(14(16)17)6-2-3-7-15/h4-5,9-10H,2-3,6-8H2,1H3,(H,16,17). The van der Waals surface area contributed by atoms with Gasteiger partial charge in [0.15, 0.2) is 0 Å². The van der Waals surface area contributed by atoms with E-state index in [1.165, 1.54) is 0 Å². The van der Waals surface area contributed by atoms with Crippen LogP contribution in [0.3, 0.4) is 0 Å². The van der Waals surface area contributed by atoms with Crippen LogP contribution in [0, 0.1) is 0 Å². The van der Waals surface area contributed by atoms with E-state index in [9.17, 15) is 9.90 Å². The Morgan fingerprint density at radius 2 is 2.11 bits per heavy atom. The molecule has 1 unspecified atom stereocenters. The first kappa shape index (κ1) is 11.6. The number of hydrogen-bond donors (Lipinski definition) is 1. The van der Waals surface area contributed by atoms with E-state index >= 15 is 0 Å². The molecule has 0 spiro atoms. The van der Waals surface area contributed by atoms with Crippen LogP contribution in [0.15, 0.2) is 18.2 Å². The molecule has 1 aromatic carbocycles. The number of carboxylic acid groups (broad SMARTS) is 1. The molecule has 1 saturated carbocycles. The summed E-state index contributed by atoms with van der Waals surface area (Å²) in [6, 6.07) is 5.94. The Kier molecular flexibility index (Phi) is 2.58. The predicted molar refractivity (Wildman–Crippen MR) is 68.0 cm³/mol. The van der Waals surface area contributed by atoms with Crippen LogP contribution in [-0.4, -0.2) is 17.2 Å². The van der Waals surface area contributed by atoms with Crippen LogP contribution >= 0.6 is 0 Å². The number of benzene rings is 1. The lowest BCUT2D eigenvalue weighted by Crippen LogP contribution is -2.32. The van der Waals surface area contributed by atoms with Crippen LogP contribution in [-0.2, 0) is 16.6 Å². The van der Waals surface area contributed by atoms with Crippen molar-refractivity contribution in [2.75, 3.05) is 0 Å². The van der Waals surface area contributed by atoms with E-state index in [2.05, 4.69) is 6.07 Å². The summed E-state index contributed by atoms with van der Waals surface area (Å²) in [4.78, 5) is 11.7. The second-order valence-corrected chi connectivity index (χ2v) is 5.55. The Hall–Kier alpha value is -1.51. The average molecular weight is 246 g/mol. The van der Waals surface area contributed by atoms with Gasteiger partial charge in [-0.3, -0.25) is 4.79 Å². The molecule has 3 rings (SSSR count). The third kappa shape index (κ3) is 1.61. The molecule has 0 amide bonds. The molecule has 1 heterocycles. The van der Waals surface area contributed by atoms with Gasteiger partial charge in [0, 0.05) is 6.42 Å². The van der Waals surface area contributed by atoms with Gasteiger partial charge in [0.2, 0.25) is 0 Å². The van der Waals surface area contributed by atoms with Crippen molar-refractivity contribution in [3.05, 3.63) is 29.3 Å². The van der Waals surface area contributed by atoms with Crippen molar-refractivity contribution >= 4 is 5.97 Å². The fourth-order valence-corrected chi connectivity index (χ4v) is 3.32. The van der Waals surface area contributed by atoms with Gasteiger partial charge >= 0.3 is 5.97 Å². The number of rotatable bonds is 2. The van der Waals surface area contributed by atoms with Crippen LogP contribution in [0.1, 0.15) is 43.7 Å². The monoisotopic (exact) mass is 246 g/mol. The van der Waals surface area contributed by atoms with Crippen molar-refractivity contribution in [1.29, 1.82) is 0 Å². The zero-order valence-electron chi connectivity index (χ0n) is 10.6. The minimum absolute atomic E-state index is 0.208. The third-order valence-electron chi connectivity index (χ3n) is 4.32. The lowest BCUT2D eigenvalue weighted by molar-refractivity contribution is -0.143. The molecule has 1 N–H and O–H groups in total. The summed E-state index contributed by atoms with van der Waals surface area (Å²) in [5, 5.41) is 9.59. The maximum Gasteiger partial charge on any atom is 0.314 e. The molecular formula is C15H18O3. The quantitative estimate of drug-likeness (QED) is 0.872. The first-order valence-corrected chi connectivity index (χ1v) is 6.65. The molecule has 0 bridgehead atoms. The van der Waals surface area contributed by atoms with Gasteiger partial charge in [-0.25, -0.2) is 0 Å². The fraction of sp³-hybridized carbons (Fsp3) is 0.533. The van der Waals surface area contributed by atoms with Crippen molar-refractivity contribution in [2.45, 2.75) is 50.5 Å². The Labute approximate surface area is 107 Å². The molecule has 0 radical (unpaired) electrons. The summed E-state index contributed by atoms with van der Waals surface area (Å²) in [6.45, 7) is 2.04. The normalized spacial score (nSPS) is 24.6. The number of carboxylic acids is 1. The van der Waals surface area contributed by atoms with Gasteiger partial charge < -0.3 is 9.84 Å². The highest BCUT2D eigenvalue weighted by molar-refractivity contribution is 5.82. The molecule has 0 aromatic heterocycles. The molecule has 0 saturated heterocycles. The van der Waals surface area contributed by atoms with E-state index in [-0.39, 0.29) is 6.10 Å². The lowest BCUT2D eigenvalue weighted by Gasteiger charge is -2.24. The largest absolute Gasteiger partial charge is 0.490 e. The maximum atomic E-state index is 11.7. The van der Waals surface area contributed by atoms with E-state index in [0.717, 1.165) is 49.0 Å². The predicted octanol–water partition coefficient (Wildman–Crippen LogP) is 2.91. The van der Waals surface area contributed by atoms with Gasteiger partial charge in [-0.15, -0.1) is 0 Å². The molecule has 96 valence electrons. The molecule has 1 atom stereocenters. The highest BCUT2D eigenvalue weighted by Gasteiger charge is 2.43. The van der Waals surface area contributed by atoms with Crippen molar-refractivity contribution in [1.82, 2.24) is 0 Å². The van der Waals surface area contributed by atoms with Gasteiger partial charge in [0.25, 0.3) is 0 Å². The second kappa shape index (κ2) is 4.01. The number of hydrogen-bond acceptors (Lipinski definition) is 2. The zero-order valence-corrected chi connectivity index (χ0v) is 10.6. The number of ether oxygens (including phenoxy) is 1. The van der Waals surface area contributed by atoms with Gasteiger partial charge in [-0.2, -0.15) is 0 Å². The van der Waals surface area contributed by atoms with Gasteiger partial charge in [-0.1, -0.05) is 25.0 Å². The summed E-state index contributed by atoms with van der Waals surface area (Å²) < 4.78 is 5.67. The minimum atomic E-state index is -0.674. The van der Waals surface area contributed by atoms with E-state index in [1.807, 2.05) is 19.1 Å².